The van der Waals surface area contributed by atoms with Gasteiger partial charge in [-0.1, -0.05) is 18.2 Å². The molecule has 0 bridgehead atoms. The number of aromatic nitrogens is 1. The Kier molecular flexibility index (Phi) is 2.49. The highest BCUT2D eigenvalue weighted by atomic mass is 16.1. The van der Waals surface area contributed by atoms with E-state index >= 15 is 0 Å². The van der Waals surface area contributed by atoms with E-state index < -0.39 is 0 Å². The van der Waals surface area contributed by atoms with E-state index in [9.17, 15) is 4.79 Å². The van der Waals surface area contributed by atoms with Crippen LogP contribution >= 0.6 is 0 Å². The molecule has 86 valence electrons. The van der Waals surface area contributed by atoms with Gasteiger partial charge in [-0.15, -0.1) is 0 Å². The third-order valence-electron chi connectivity index (χ3n) is 3.01. The molecule has 0 aliphatic carbocycles. The Balaban J connectivity index is 1.95. The lowest BCUT2D eigenvalue weighted by Crippen LogP contribution is -2.56. The first-order valence-corrected chi connectivity index (χ1v) is 5.70. The molecule has 0 saturated carbocycles. The third-order valence-corrected chi connectivity index (χ3v) is 3.01. The predicted octanol–water partition coefficient (Wildman–Crippen LogP) is 0.936. The average Bonchev–Trinajstić information content (AvgIpc) is 2.33. The summed E-state index contributed by atoms with van der Waals surface area (Å²) in [5.74, 6) is -0.0184. The molecule has 1 aliphatic rings. The topological polar surface area (TPSA) is 54.0 Å². The second kappa shape index (κ2) is 4.14. The van der Waals surface area contributed by atoms with Crippen molar-refractivity contribution >= 4 is 16.8 Å². The summed E-state index contributed by atoms with van der Waals surface area (Å²) in [5, 5.41) is 7.03. The number of benzene rings is 1. The first-order valence-electron chi connectivity index (χ1n) is 5.70. The lowest BCUT2D eigenvalue weighted by Gasteiger charge is -2.28. The molecule has 1 saturated heterocycles. The van der Waals surface area contributed by atoms with Gasteiger partial charge in [-0.3, -0.25) is 9.78 Å². The summed E-state index contributed by atoms with van der Waals surface area (Å²) in [5.41, 5.74) is 1.55. The number of nitrogens with zero attached hydrogens (tertiary/aromatic N) is 1. The van der Waals surface area contributed by atoms with Gasteiger partial charge in [-0.25, -0.2) is 0 Å². The van der Waals surface area contributed by atoms with Crippen LogP contribution in [0, 0.1) is 0 Å². The predicted molar refractivity (Wildman–Crippen MR) is 65.9 cm³/mol. The maximum absolute atomic E-state index is 12.1. The van der Waals surface area contributed by atoms with Crippen molar-refractivity contribution in [2.75, 3.05) is 13.1 Å². The molecule has 17 heavy (non-hydrogen) atoms. The van der Waals surface area contributed by atoms with Gasteiger partial charge < -0.3 is 10.6 Å². The van der Waals surface area contributed by atoms with Gasteiger partial charge >= 0.3 is 0 Å². The van der Waals surface area contributed by atoms with Gasteiger partial charge in [0.25, 0.3) is 5.91 Å². The van der Waals surface area contributed by atoms with Crippen LogP contribution in [0.15, 0.2) is 36.5 Å². The van der Waals surface area contributed by atoms with Gasteiger partial charge in [0, 0.05) is 24.7 Å². The zero-order valence-electron chi connectivity index (χ0n) is 9.31. The van der Waals surface area contributed by atoms with Crippen molar-refractivity contribution in [1.82, 2.24) is 15.6 Å². The molecule has 0 atom stereocenters. The molecule has 0 unspecified atom stereocenters. The van der Waals surface area contributed by atoms with E-state index in [0.717, 1.165) is 24.0 Å². The van der Waals surface area contributed by atoms with Gasteiger partial charge in [0.2, 0.25) is 0 Å². The third kappa shape index (κ3) is 1.87. The molecule has 4 nitrogen and oxygen atoms in total. The van der Waals surface area contributed by atoms with Gasteiger partial charge in [0.05, 0.1) is 17.1 Å². The van der Waals surface area contributed by atoms with Crippen LogP contribution in [0.25, 0.3) is 10.9 Å². The lowest BCUT2D eigenvalue weighted by molar-refractivity contribution is 0.0925. The fourth-order valence-electron chi connectivity index (χ4n) is 1.95. The summed E-state index contributed by atoms with van der Waals surface area (Å²) in [4.78, 5) is 16.3. The Morgan fingerprint density at radius 1 is 1.29 bits per heavy atom. The molecular weight excluding hydrogens is 214 g/mol. The van der Waals surface area contributed by atoms with E-state index in [4.69, 9.17) is 0 Å². The van der Waals surface area contributed by atoms with Crippen LogP contribution in [0.4, 0.5) is 0 Å². The molecule has 2 heterocycles. The Labute approximate surface area is 99.0 Å². The van der Waals surface area contributed by atoms with Crippen molar-refractivity contribution in [2.45, 2.75) is 6.04 Å². The molecule has 1 amide bonds. The van der Waals surface area contributed by atoms with Crippen LogP contribution in [0.3, 0.4) is 0 Å². The summed E-state index contributed by atoms with van der Waals surface area (Å²) in [6, 6.07) is 9.71. The number of para-hydroxylation sites is 1. The minimum Gasteiger partial charge on any atom is -0.347 e. The van der Waals surface area contributed by atoms with Gasteiger partial charge in [0.15, 0.2) is 0 Å². The quantitative estimate of drug-likeness (QED) is 0.802. The number of carbonyl (C=O) groups is 1. The highest BCUT2D eigenvalue weighted by molar-refractivity contribution is 6.06. The van der Waals surface area contributed by atoms with Crippen LogP contribution in [0.1, 0.15) is 10.4 Å². The maximum atomic E-state index is 12.1. The van der Waals surface area contributed by atoms with E-state index in [1.807, 2.05) is 24.3 Å². The van der Waals surface area contributed by atoms with Crippen molar-refractivity contribution in [1.29, 1.82) is 0 Å². The number of rotatable bonds is 2. The van der Waals surface area contributed by atoms with Crippen molar-refractivity contribution in [2.24, 2.45) is 0 Å². The normalized spacial score (nSPS) is 15.5. The van der Waals surface area contributed by atoms with E-state index in [0.29, 0.717) is 5.56 Å². The van der Waals surface area contributed by atoms with Gasteiger partial charge in [0.1, 0.15) is 0 Å². The van der Waals surface area contributed by atoms with E-state index in [2.05, 4.69) is 15.6 Å². The summed E-state index contributed by atoms with van der Waals surface area (Å²) >= 11 is 0. The van der Waals surface area contributed by atoms with Crippen molar-refractivity contribution in [3.8, 4) is 0 Å². The van der Waals surface area contributed by atoms with Crippen molar-refractivity contribution in [3.05, 3.63) is 42.1 Å². The molecule has 1 aromatic heterocycles. The minimum absolute atomic E-state index is 0.0184. The van der Waals surface area contributed by atoms with E-state index in [1.165, 1.54) is 0 Å². The fourth-order valence-corrected chi connectivity index (χ4v) is 1.95. The molecule has 1 aromatic carbocycles. The zero-order valence-corrected chi connectivity index (χ0v) is 9.31. The summed E-state index contributed by atoms with van der Waals surface area (Å²) < 4.78 is 0. The molecule has 2 aromatic rings. The minimum atomic E-state index is -0.0184. The van der Waals surface area contributed by atoms with Gasteiger partial charge in [-0.05, 0) is 12.1 Å². The molecule has 0 spiro atoms. The number of hydrogen-bond acceptors (Lipinski definition) is 3. The summed E-state index contributed by atoms with van der Waals surface area (Å²) in [6.07, 6.45) is 1.68. The number of nitrogens with one attached hydrogen (secondary N) is 2. The van der Waals surface area contributed by atoms with Crippen molar-refractivity contribution in [3.63, 3.8) is 0 Å². The van der Waals surface area contributed by atoms with Gasteiger partial charge in [-0.2, -0.15) is 0 Å². The van der Waals surface area contributed by atoms with Crippen LogP contribution in [-0.2, 0) is 0 Å². The second-order valence-electron chi connectivity index (χ2n) is 4.20. The van der Waals surface area contributed by atoms with Crippen LogP contribution in [-0.4, -0.2) is 30.0 Å². The molecule has 4 heteroatoms. The first-order chi connectivity index (χ1) is 8.34. The molecule has 2 N–H and O–H groups in total. The SMILES string of the molecule is O=C(NC1CNC1)c1ccnc2ccccc12. The Morgan fingerprint density at radius 3 is 2.88 bits per heavy atom. The summed E-state index contributed by atoms with van der Waals surface area (Å²) in [7, 11) is 0. The molecule has 0 radical (unpaired) electrons. The van der Waals surface area contributed by atoms with Crippen LogP contribution in [0.5, 0.6) is 0 Å². The first kappa shape index (κ1) is 10.2. The zero-order chi connectivity index (χ0) is 11.7. The van der Waals surface area contributed by atoms with Crippen molar-refractivity contribution < 1.29 is 4.79 Å². The Bertz CT molecular complexity index is 558. The van der Waals surface area contributed by atoms with Crippen LogP contribution < -0.4 is 10.6 Å². The maximum Gasteiger partial charge on any atom is 0.252 e. The highest BCUT2D eigenvalue weighted by Gasteiger charge is 2.20. The Hall–Kier alpha value is -1.94. The van der Waals surface area contributed by atoms with Crippen LogP contribution in [0.2, 0.25) is 0 Å². The standard InChI is InChI=1S/C13H13N3O/c17-13(16-9-7-14-8-9)11-5-6-15-12-4-2-1-3-10(11)12/h1-6,9,14H,7-8H2,(H,16,17). The average molecular weight is 227 g/mol. The molecule has 3 rings (SSSR count). The fraction of sp³-hybridized carbons (Fsp3) is 0.231. The Morgan fingerprint density at radius 2 is 2.12 bits per heavy atom. The number of hydrogen-bond donors (Lipinski definition) is 2. The number of carbonyl (C=O) groups excluding carboxylic acids is 1. The second-order valence-corrected chi connectivity index (χ2v) is 4.20. The molecular formula is C13H13N3O. The number of amides is 1. The lowest BCUT2D eigenvalue weighted by atomic mass is 10.1. The largest absolute Gasteiger partial charge is 0.347 e. The van der Waals surface area contributed by atoms with E-state index in [1.54, 1.807) is 12.3 Å². The number of pyridine rings is 1. The number of fused-ring (bicyclic) bond motifs is 1. The monoisotopic (exact) mass is 227 g/mol. The smallest absolute Gasteiger partial charge is 0.252 e. The molecule has 1 fully saturated rings. The summed E-state index contributed by atoms with van der Waals surface area (Å²) in [6.45, 7) is 1.71. The molecule has 1 aliphatic heterocycles. The van der Waals surface area contributed by atoms with E-state index in [-0.39, 0.29) is 11.9 Å². The highest BCUT2D eigenvalue weighted by Crippen LogP contribution is 2.16.